The van der Waals surface area contributed by atoms with Crippen molar-refractivity contribution in [2.75, 3.05) is 6.54 Å². The number of fused-ring (bicyclic) bond motifs is 1. The van der Waals surface area contributed by atoms with Crippen molar-refractivity contribution in [2.24, 2.45) is 5.73 Å². The molecule has 0 fully saturated rings. The summed E-state index contributed by atoms with van der Waals surface area (Å²) >= 11 is 0. The maximum atomic E-state index is 7.87. The number of rotatable bonds is 4. The quantitative estimate of drug-likeness (QED) is 0.659. The van der Waals surface area contributed by atoms with E-state index < -0.39 is 0 Å². The Morgan fingerprint density at radius 1 is 1.00 bits per heavy atom. The molecule has 0 saturated heterocycles. The van der Waals surface area contributed by atoms with E-state index in [1.54, 1.807) is 0 Å². The van der Waals surface area contributed by atoms with Gasteiger partial charge in [-0.15, -0.1) is 0 Å². The Morgan fingerprint density at radius 2 is 1.55 bits per heavy atom. The summed E-state index contributed by atoms with van der Waals surface area (Å²) in [7, 11) is 0. The first-order valence-corrected chi connectivity index (χ1v) is 6.92. The summed E-state index contributed by atoms with van der Waals surface area (Å²) in [6.45, 7) is 2.70. The molecule has 0 aromatic heterocycles. The van der Waals surface area contributed by atoms with Crippen molar-refractivity contribution in [1.82, 2.24) is 4.90 Å². The van der Waals surface area contributed by atoms with Gasteiger partial charge in [0.05, 0.1) is 11.8 Å². The van der Waals surface area contributed by atoms with E-state index in [-0.39, 0.29) is 11.8 Å². The van der Waals surface area contributed by atoms with E-state index in [9.17, 15) is 0 Å². The predicted octanol–water partition coefficient (Wildman–Crippen LogP) is 2.72. The molecule has 1 unspecified atom stereocenters. The monoisotopic (exact) mass is 265 g/mol. The lowest BCUT2D eigenvalue weighted by atomic mass is 9.97. The van der Waals surface area contributed by atoms with Crippen molar-refractivity contribution < 1.29 is 0 Å². The van der Waals surface area contributed by atoms with Crippen LogP contribution >= 0.6 is 0 Å². The van der Waals surface area contributed by atoms with Gasteiger partial charge in [0.2, 0.25) is 0 Å². The Bertz CT molecular complexity index is 582. The fourth-order valence-corrected chi connectivity index (χ4v) is 2.86. The van der Waals surface area contributed by atoms with E-state index in [2.05, 4.69) is 41.3 Å². The first-order valence-electron chi connectivity index (χ1n) is 6.92. The third-order valence-corrected chi connectivity index (χ3v) is 3.92. The standard InChI is InChI=1S/C17H19N3/c18-17(19)16(13-6-2-1-3-7-13)12-20-10-14-8-4-5-9-15(14)11-20/h1-9,16H,10-12H2,(H3,18,19). The molecule has 1 aliphatic rings. The normalized spacial score (nSPS) is 15.8. The van der Waals surface area contributed by atoms with Crippen molar-refractivity contribution >= 4 is 5.84 Å². The summed E-state index contributed by atoms with van der Waals surface area (Å²) in [5.74, 6) is 0.220. The second-order valence-corrected chi connectivity index (χ2v) is 5.36. The van der Waals surface area contributed by atoms with Crippen LogP contribution in [0.1, 0.15) is 22.6 Å². The Balaban J connectivity index is 1.75. The third kappa shape index (κ3) is 2.58. The molecule has 2 aromatic rings. The molecule has 3 N–H and O–H groups in total. The predicted molar refractivity (Wildman–Crippen MR) is 81.7 cm³/mol. The minimum atomic E-state index is -0.0227. The highest BCUT2D eigenvalue weighted by molar-refractivity contribution is 5.84. The number of hydrogen-bond donors (Lipinski definition) is 2. The molecule has 0 amide bonds. The highest BCUT2D eigenvalue weighted by atomic mass is 15.1. The van der Waals surface area contributed by atoms with Crippen LogP contribution in [0.15, 0.2) is 54.6 Å². The second kappa shape index (κ2) is 5.47. The van der Waals surface area contributed by atoms with Crippen molar-refractivity contribution in [3.05, 3.63) is 71.3 Å². The van der Waals surface area contributed by atoms with Gasteiger partial charge in [-0.25, -0.2) is 0 Å². The molecular weight excluding hydrogens is 246 g/mol. The molecule has 20 heavy (non-hydrogen) atoms. The zero-order valence-electron chi connectivity index (χ0n) is 11.4. The van der Waals surface area contributed by atoms with Crippen LogP contribution in [0.5, 0.6) is 0 Å². The fourth-order valence-electron chi connectivity index (χ4n) is 2.86. The van der Waals surface area contributed by atoms with Gasteiger partial charge in [-0.1, -0.05) is 54.6 Å². The average Bonchev–Trinajstić information content (AvgIpc) is 2.88. The van der Waals surface area contributed by atoms with E-state index in [0.29, 0.717) is 0 Å². The molecule has 0 radical (unpaired) electrons. The number of nitrogens with zero attached hydrogens (tertiary/aromatic N) is 1. The summed E-state index contributed by atoms with van der Waals surface area (Å²) < 4.78 is 0. The van der Waals surface area contributed by atoms with Crippen LogP contribution < -0.4 is 5.73 Å². The number of amidine groups is 1. The SMILES string of the molecule is N=C(N)C(CN1Cc2ccccc2C1)c1ccccc1. The van der Waals surface area contributed by atoms with Gasteiger partial charge in [-0.2, -0.15) is 0 Å². The molecule has 1 atom stereocenters. The minimum absolute atomic E-state index is 0.0227. The first-order chi connectivity index (χ1) is 9.74. The minimum Gasteiger partial charge on any atom is -0.387 e. The lowest BCUT2D eigenvalue weighted by Crippen LogP contribution is -2.31. The Morgan fingerprint density at radius 3 is 2.10 bits per heavy atom. The lowest BCUT2D eigenvalue weighted by Gasteiger charge is -2.23. The van der Waals surface area contributed by atoms with Gasteiger partial charge in [-0.3, -0.25) is 10.3 Å². The van der Waals surface area contributed by atoms with Gasteiger partial charge in [-0.05, 0) is 16.7 Å². The molecule has 2 aromatic carbocycles. The molecule has 3 nitrogen and oxygen atoms in total. The molecular formula is C17H19N3. The molecule has 0 bridgehead atoms. The maximum Gasteiger partial charge on any atom is 0.0995 e. The Kier molecular flexibility index (Phi) is 3.52. The molecule has 3 heteroatoms. The van der Waals surface area contributed by atoms with Crippen LogP contribution in [0, 0.1) is 5.41 Å². The maximum absolute atomic E-state index is 7.87. The molecule has 1 heterocycles. The second-order valence-electron chi connectivity index (χ2n) is 5.36. The van der Waals surface area contributed by atoms with E-state index in [1.165, 1.54) is 11.1 Å². The van der Waals surface area contributed by atoms with Gasteiger partial charge in [0.25, 0.3) is 0 Å². The van der Waals surface area contributed by atoms with Crippen LogP contribution in [-0.4, -0.2) is 17.3 Å². The van der Waals surface area contributed by atoms with Gasteiger partial charge < -0.3 is 5.73 Å². The first kappa shape index (κ1) is 12.9. The van der Waals surface area contributed by atoms with Crippen molar-refractivity contribution in [2.45, 2.75) is 19.0 Å². The van der Waals surface area contributed by atoms with Gasteiger partial charge in [0, 0.05) is 19.6 Å². The van der Waals surface area contributed by atoms with Crippen LogP contribution in [0.4, 0.5) is 0 Å². The number of nitrogens with one attached hydrogen (secondary N) is 1. The van der Waals surface area contributed by atoms with E-state index in [1.807, 2.05) is 18.2 Å². The zero-order chi connectivity index (χ0) is 13.9. The molecule has 0 spiro atoms. The molecule has 0 aliphatic carbocycles. The smallest absolute Gasteiger partial charge is 0.0995 e. The summed E-state index contributed by atoms with van der Waals surface area (Å²) in [4.78, 5) is 2.36. The summed E-state index contributed by atoms with van der Waals surface area (Å²) in [6.07, 6.45) is 0. The Hall–Kier alpha value is -2.13. The van der Waals surface area contributed by atoms with E-state index in [0.717, 1.165) is 25.2 Å². The topological polar surface area (TPSA) is 53.1 Å². The van der Waals surface area contributed by atoms with Crippen molar-refractivity contribution in [1.29, 1.82) is 5.41 Å². The van der Waals surface area contributed by atoms with Gasteiger partial charge in [0.1, 0.15) is 0 Å². The van der Waals surface area contributed by atoms with Crippen LogP contribution in [0.25, 0.3) is 0 Å². The summed E-state index contributed by atoms with van der Waals surface area (Å²) in [6, 6.07) is 18.6. The molecule has 102 valence electrons. The highest BCUT2D eigenvalue weighted by Crippen LogP contribution is 2.25. The van der Waals surface area contributed by atoms with Crippen molar-refractivity contribution in [3.63, 3.8) is 0 Å². The number of nitrogens with two attached hydrogens (primary N) is 1. The summed E-state index contributed by atoms with van der Waals surface area (Å²) in [5, 5.41) is 7.87. The van der Waals surface area contributed by atoms with Crippen LogP contribution in [0.3, 0.4) is 0 Å². The van der Waals surface area contributed by atoms with Gasteiger partial charge >= 0.3 is 0 Å². The lowest BCUT2D eigenvalue weighted by molar-refractivity contribution is 0.280. The number of hydrogen-bond acceptors (Lipinski definition) is 2. The molecule has 3 rings (SSSR count). The molecule has 1 aliphatic heterocycles. The van der Waals surface area contributed by atoms with E-state index >= 15 is 0 Å². The average molecular weight is 265 g/mol. The fraction of sp³-hybridized carbons (Fsp3) is 0.235. The van der Waals surface area contributed by atoms with Crippen LogP contribution in [0.2, 0.25) is 0 Å². The van der Waals surface area contributed by atoms with Crippen molar-refractivity contribution in [3.8, 4) is 0 Å². The molecule has 0 saturated carbocycles. The summed E-state index contributed by atoms with van der Waals surface area (Å²) in [5.41, 5.74) is 9.71. The van der Waals surface area contributed by atoms with Crippen LogP contribution in [-0.2, 0) is 13.1 Å². The number of benzene rings is 2. The highest BCUT2D eigenvalue weighted by Gasteiger charge is 2.23. The Labute approximate surface area is 119 Å². The third-order valence-electron chi connectivity index (χ3n) is 3.92. The van der Waals surface area contributed by atoms with E-state index in [4.69, 9.17) is 11.1 Å². The largest absolute Gasteiger partial charge is 0.387 e. The zero-order valence-corrected chi connectivity index (χ0v) is 11.4. The van der Waals surface area contributed by atoms with Gasteiger partial charge in [0.15, 0.2) is 0 Å².